The Balaban J connectivity index is 0.000000291. The lowest BCUT2D eigenvalue weighted by Gasteiger charge is -2.18. The molecule has 1 N–H and O–H groups in total. The van der Waals surface area contributed by atoms with Gasteiger partial charge >= 0.3 is 0 Å². The Morgan fingerprint density at radius 2 is 0.558 bits per heavy atom. The number of hydrogen-bond acceptors (Lipinski definition) is 1. The summed E-state index contributed by atoms with van der Waals surface area (Å²) in [4.78, 5) is 0. The average Bonchev–Trinajstić information content (AvgIpc) is 0.802. The molecule has 0 radical (unpaired) electrons. The smallest absolute Gasteiger partial charge is 0.200 e. The first kappa shape index (κ1) is 86.9. The SMILES string of the molecule is CCC(C)c1c(Br)c(Br)c(Br)c(Br)c1Br.CCC(C)c1c(Br)c(Br)c(O)c(Br)c1Br.CCC(C)c1c(F)c(F)c(F)c(F)c1F.CCC(C)c1c2ccccc2cc2ccccc12.CCC(C)c1ccc(Br)cc1.CCC(C)c1ccc(F)cc1.CCC(C)c1ccccc1. The molecule has 0 bridgehead atoms. The van der Waals surface area contributed by atoms with Gasteiger partial charge in [0.1, 0.15) is 11.6 Å². The average molecular weight is 1950 g/mol. The molecule has 516 valence electrons. The third-order valence-corrected chi connectivity index (χ3v) is 28.0. The first-order valence-corrected chi connectivity index (χ1v) is 39.8. The van der Waals surface area contributed by atoms with Crippen molar-refractivity contribution in [2.45, 2.75) is 183 Å². The summed E-state index contributed by atoms with van der Waals surface area (Å²) < 4.78 is 86.5. The van der Waals surface area contributed by atoms with Crippen molar-refractivity contribution in [3.8, 4) is 5.75 Å². The van der Waals surface area contributed by atoms with Crippen molar-refractivity contribution in [2.75, 3.05) is 0 Å². The number of phenols is 1. The predicted molar refractivity (Wildman–Crippen MR) is 429 cm³/mol. The molecule has 0 saturated carbocycles. The van der Waals surface area contributed by atoms with Crippen molar-refractivity contribution >= 4 is 181 Å². The second-order valence-corrected chi connectivity index (χ2v) is 31.4. The van der Waals surface area contributed by atoms with Crippen LogP contribution in [0.25, 0.3) is 21.5 Å². The van der Waals surface area contributed by atoms with Crippen LogP contribution < -0.4 is 0 Å². The van der Waals surface area contributed by atoms with Gasteiger partial charge in [-0.25, -0.2) is 26.3 Å². The summed E-state index contributed by atoms with van der Waals surface area (Å²) in [6, 6.07) is 45.7. The summed E-state index contributed by atoms with van der Waals surface area (Å²) in [7, 11) is 0. The maximum Gasteiger partial charge on any atom is 0.200 e. The largest absolute Gasteiger partial charge is 0.505 e. The quantitative estimate of drug-likeness (QED) is 0.0498. The highest BCUT2D eigenvalue weighted by Gasteiger charge is 2.28. The lowest BCUT2D eigenvalue weighted by atomic mass is 9.88. The minimum Gasteiger partial charge on any atom is -0.505 e. The number of benzene rings is 9. The van der Waals surface area contributed by atoms with Crippen molar-refractivity contribution in [1.82, 2.24) is 0 Å². The summed E-state index contributed by atoms with van der Waals surface area (Å²) in [6.45, 7) is 29.5. The third-order valence-electron chi connectivity index (χ3n) is 17.1. The lowest BCUT2D eigenvalue weighted by Crippen LogP contribution is -2.09. The van der Waals surface area contributed by atoms with E-state index in [2.05, 4.69) is 352 Å². The third kappa shape index (κ3) is 24.4. The van der Waals surface area contributed by atoms with Gasteiger partial charge in [-0.2, -0.15) is 0 Å². The van der Waals surface area contributed by atoms with Crippen LogP contribution in [0.5, 0.6) is 5.75 Å². The Hall–Kier alpha value is -2.32. The second kappa shape index (κ2) is 43.5. The first-order valence-electron chi connectivity index (χ1n) is 31.9. The van der Waals surface area contributed by atoms with E-state index in [4.69, 9.17) is 0 Å². The van der Waals surface area contributed by atoms with Crippen molar-refractivity contribution < 1.29 is 31.4 Å². The number of hydrogen-bond donors (Lipinski definition) is 1. The van der Waals surface area contributed by atoms with Crippen LogP contribution in [0.3, 0.4) is 0 Å². The van der Waals surface area contributed by atoms with Gasteiger partial charge in [0.2, 0.25) is 5.82 Å². The summed E-state index contributed by atoms with van der Waals surface area (Å²) in [6.07, 6.45) is 7.16. The number of phenolic OH excluding ortho intramolecular Hbond substituents is 1. The molecule has 0 aliphatic carbocycles. The molecular weight excluding hydrogens is 1870 g/mol. The number of rotatable bonds is 14. The highest BCUT2D eigenvalue weighted by molar-refractivity contribution is 9.16. The Kier molecular flexibility index (Phi) is 39.8. The summed E-state index contributed by atoms with van der Waals surface area (Å²) >= 11 is 35.1. The minimum atomic E-state index is -2.11. The molecule has 9 aromatic carbocycles. The molecule has 7 unspecified atom stereocenters. The van der Waals surface area contributed by atoms with Crippen molar-refractivity contribution in [2.24, 2.45) is 0 Å². The van der Waals surface area contributed by atoms with E-state index in [1.165, 1.54) is 87.7 Å². The molecule has 0 saturated heterocycles. The van der Waals surface area contributed by atoms with Gasteiger partial charge in [0.15, 0.2) is 23.3 Å². The molecule has 9 rings (SSSR count). The van der Waals surface area contributed by atoms with E-state index in [0.29, 0.717) is 50.9 Å². The van der Waals surface area contributed by atoms with Crippen LogP contribution in [-0.4, -0.2) is 5.11 Å². The summed E-state index contributed by atoms with van der Waals surface area (Å²) in [5.74, 6) is -6.56. The van der Waals surface area contributed by atoms with E-state index in [1.807, 2.05) is 12.1 Å². The fraction of sp³-hybridized carbons (Fsp3) is 0.359. The van der Waals surface area contributed by atoms with Crippen LogP contribution in [0, 0.1) is 34.9 Å². The Morgan fingerprint density at radius 3 is 0.916 bits per heavy atom. The Bertz CT molecular complexity index is 3480. The van der Waals surface area contributed by atoms with E-state index >= 15 is 0 Å². The molecule has 0 spiro atoms. The van der Waals surface area contributed by atoms with Crippen LogP contribution in [0.1, 0.15) is 222 Å². The van der Waals surface area contributed by atoms with E-state index in [0.717, 1.165) is 60.6 Å². The van der Waals surface area contributed by atoms with Crippen LogP contribution in [-0.2, 0) is 0 Å². The van der Waals surface area contributed by atoms with Gasteiger partial charge < -0.3 is 5.11 Å². The fourth-order valence-electron chi connectivity index (χ4n) is 9.65. The monoisotopic (exact) mass is 1940 g/mol. The molecule has 0 fully saturated rings. The van der Waals surface area contributed by atoms with Crippen molar-refractivity contribution in [3.05, 3.63) is 252 Å². The Labute approximate surface area is 646 Å². The molecule has 0 aliphatic rings. The molecule has 17 heteroatoms. The number of halogens is 16. The topological polar surface area (TPSA) is 20.2 Å². The molecular formula is C78H86Br10F6O. The van der Waals surface area contributed by atoms with Gasteiger partial charge in [0.05, 0.1) is 8.95 Å². The van der Waals surface area contributed by atoms with E-state index in [9.17, 15) is 31.4 Å². The maximum atomic E-state index is 13.1. The maximum absolute atomic E-state index is 13.1. The van der Waals surface area contributed by atoms with E-state index < -0.39 is 40.6 Å². The van der Waals surface area contributed by atoms with Gasteiger partial charge in [0.25, 0.3) is 0 Å². The highest BCUT2D eigenvalue weighted by atomic mass is 79.9. The molecule has 95 heavy (non-hydrogen) atoms. The van der Waals surface area contributed by atoms with Crippen LogP contribution in [0.15, 0.2) is 178 Å². The zero-order valence-corrected chi connectivity index (χ0v) is 72.0. The summed E-state index contributed by atoms with van der Waals surface area (Å²) in [5, 5.41) is 15.3. The van der Waals surface area contributed by atoms with E-state index in [-0.39, 0.29) is 11.6 Å². The zero-order valence-electron chi connectivity index (χ0n) is 56.2. The number of fused-ring (bicyclic) bond motifs is 2. The van der Waals surface area contributed by atoms with Crippen LogP contribution in [0.2, 0.25) is 0 Å². The standard InChI is InChI=1S/C18H18.C10H9Br5.C10H10Br4O.C10H13Br.C10H9F5.C10H13F.C10H14/c1-3-13(2)18-16-10-6-4-8-14(16)12-15-9-5-7-11-17(15)18;2*1-3-4(2)5-6(11)8(13)10(15)9(14)7(5)12;1-3-8(2)9-4-6-10(11)7-5-9;1-3-4(2)5-6(11)8(13)10(15)9(14)7(5)12;1-3-8(2)9-4-6-10(11)7-5-9;1-3-9(2)10-7-5-4-6-8-10/h4-13H,3H2,1-2H3;4H,3H2,1-2H3;4,15H,3H2,1-2H3;4-8H,3H2,1-2H3;4H,3H2,1-2H3;4-8H,3H2,1-2H3;4-9H,3H2,1-2H3. The number of aromatic hydroxyl groups is 1. The van der Waals surface area contributed by atoms with Gasteiger partial charge in [-0.05, 0) is 315 Å². The highest BCUT2D eigenvalue weighted by Crippen LogP contribution is 2.50. The van der Waals surface area contributed by atoms with Gasteiger partial charge in [-0.3, -0.25) is 0 Å². The molecule has 7 atom stereocenters. The lowest BCUT2D eigenvalue weighted by molar-refractivity contribution is 0.364. The van der Waals surface area contributed by atoms with Gasteiger partial charge in [-0.1, -0.05) is 216 Å². The summed E-state index contributed by atoms with van der Waals surface area (Å²) in [5.41, 5.74) is 7.31. The molecule has 0 heterocycles. The fourth-order valence-corrected chi connectivity index (χ4v) is 16.7. The van der Waals surface area contributed by atoms with Crippen LogP contribution >= 0.6 is 159 Å². The molecule has 9 aromatic rings. The molecule has 0 amide bonds. The van der Waals surface area contributed by atoms with Crippen LogP contribution in [0.4, 0.5) is 26.3 Å². The van der Waals surface area contributed by atoms with E-state index in [1.54, 1.807) is 6.92 Å². The first-order chi connectivity index (χ1) is 44.9. The molecule has 0 aromatic heterocycles. The normalized spacial score (nSPS) is 13.0. The Morgan fingerprint density at radius 1 is 0.284 bits per heavy atom. The van der Waals surface area contributed by atoms with Gasteiger partial charge in [0, 0.05) is 41.3 Å². The zero-order chi connectivity index (χ0) is 71.7. The van der Waals surface area contributed by atoms with Crippen molar-refractivity contribution in [3.63, 3.8) is 0 Å². The van der Waals surface area contributed by atoms with Gasteiger partial charge in [-0.15, -0.1) is 0 Å². The predicted octanol–water partition coefficient (Wildman–Crippen LogP) is 32.9. The van der Waals surface area contributed by atoms with Crippen molar-refractivity contribution in [1.29, 1.82) is 0 Å². The molecule has 1 nitrogen and oxygen atoms in total. The molecule has 0 aliphatic heterocycles. The second-order valence-electron chi connectivity index (χ2n) is 23.4. The minimum absolute atomic E-state index is 0.156.